The first-order valence-electron chi connectivity index (χ1n) is 12.6. The minimum atomic E-state index is -0.257. The first kappa shape index (κ1) is 26.3. The van der Waals surface area contributed by atoms with Crippen LogP contribution in [0, 0.1) is 5.41 Å². The average Bonchev–Trinajstić information content (AvgIpc) is 3.11. The van der Waals surface area contributed by atoms with E-state index in [4.69, 9.17) is 10.1 Å². The number of thioether (sulfide) groups is 1. The van der Waals surface area contributed by atoms with Crippen LogP contribution >= 0.6 is 11.8 Å². The second kappa shape index (κ2) is 9.58. The molecule has 2 aromatic carbocycles. The lowest BCUT2D eigenvalue weighted by atomic mass is 9.76. The molecule has 2 aliphatic heterocycles. The zero-order chi connectivity index (χ0) is 26.4. The molecule has 0 aliphatic carbocycles. The van der Waals surface area contributed by atoms with Crippen LogP contribution in [-0.4, -0.2) is 48.4 Å². The molecule has 0 unspecified atom stereocenters. The number of benzene rings is 2. The van der Waals surface area contributed by atoms with Crippen LogP contribution in [0.4, 0.5) is 0 Å². The van der Waals surface area contributed by atoms with Crippen molar-refractivity contribution in [2.45, 2.75) is 70.2 Å². The van der Waals surface area contributed by atoms with Crippen LogP contribution in [0.15, 0.2) is 29.2 Å². The van der Waals surface area contributed by atoms with Crippen molar-refractivity contribution in [2.75, 3.05) is 26.0 Å². The molecular weight excluding hydrogens is 470 g/mol. The van der Waals surface area contributed by atoms with Crippen LogP contribution in [-0.2, 0) is 17.4 Å². The summed E-state index contributed by atoms with van der Waals surface area (Å²) in [5, 5.41) is 11.4. The SMILES string of the molecule is CCOc1cc2c(cc1C(=O)NC)C(=N)N(CC(=O)c1cc(C(C)(C)C)c3c(c1)C(C)(C)CCS3)C2. The third kappa shape index (κ3) is 4.77. The fourth-order valence-corrected chi connectivity index (χ4v) is 6.79. The summed E-state index contributed by atoms with van der Waals surface area (Å²) in [5.41, 5.74) is 5.08. The molecule has 2 heterocycles. The van der Waals surface area contributed by atoms with Crippen molar-refractivity contribution in [3.63, 3.8) is 0 Å². The normalized spacial score (nSPS) is 16.4. The molecular formula is C29H37N3O3S. The fraction of sp³-hybridized carbons (Fsp3) is 0.483. The Kier molecular flexibility index (Phi) is 6.99. The van der Waals surface area contributed by atoms with Crippen LogP contribution in [0.2, 0.25) is 0 Å². The Bertz CT molecular complexity index is 1230. The molecule has 0 aromatic heterocycles. The van der Waals surface area contributed by atoms with E-state index in [1.807, 2.05) is 24.8 Å². The highest BCUT2D eigenvalue weighted by Gasteiger charge is 2.34. The van der Waals surface area contributed by atoms with E-state index in [1.54, 1.807) is 18.0 Å². The highest BCUT2D eigenvalue weighted by molar-refractivity contribution is 7.99. The van der Waals surface area contributed by atoms with Gasteiger partial charge >= 0.3 is 0 Å². The highest BCUT2D eigenvalue weighted by atomic mass is 32.2. The van der Waals surface area contributed by atoms with Crippen LogP contribution in [0.1, 0.15) is 90.9 Å². The maximum absolute atomic E-state index is 13.6. The number of fused-ring (bicyclic) bond motifs is 2. The van der Waals surface area contributed by atoms with Gasteiger partial charge in [-0.05, 0) is 70.9 Å². The van der Waals surface area contributed by atoms with Gasteiger partial charge in [0.2, 0.25) is 0 Å². The third-order valence-electron chi connectivity index (χ3n) is 7.17. The first-order valence-corrected chi connectivity index (χ1v) is 13.6. The lowest BCUT2D eigenvalue weighted by Gasteiger charge is -2.36. The summed E-state index contributed by atoms with van der Waals surface area (Å²) in [4.78, 5) is 29.1. The van der Waals surface area contributed by atoms with Gasteiger partial charge in [0, 0.05) is 29.6 Å². The zero-order valence-corrected chi connectivity index (χ0v) is 23.2. The topological polar surface area (TPSA) is 82.5 Å². The quantitative estimate of drug-likeness (QED) is 0.502. The minimum Gasteiger partial charge on any atom is -0.493 e. The maximum atomic E-state index is 13.6. The van der Waals surface area contributed by atoms with Gasteiger partial charge in [0.1, 0.15) is 11.6 Å². The Labute approximate surface area is 218 Å². The number of amides is 1. The standard InChI is InChI=1S/C29H37N3O3S/c1-8-35-24-13-18-15-32(26(30)19(18)14-20(24)27(34)31-7)16-23(33)17-11-21(28(2,3)4)25-22(12-17)29(5,6)9-10-36-25/h11-14,30H,8-10,15-16H2,1-7H3,(H,31,34). The van der Waals surface area contributed by atoms with Crippen LogP contribution < -0.4 is 10.1 Å². The van der Waals surface area contributed by atoms with Gasteiger partial charge in [-0.3, -0.25) is 15.0 Å². The first-order chi connectivity index (χ1) is 16.9. The molecule has 2 N–H and O–H groups in total. The van der Waals surface area contributed by atoms with Crippen molar-refractivity contribution in [2.24, 2.45) is 0 Å². The number of ketones is 1. The lowest BCUT2D eigenvalue weighted by Crippen LogP contribution is -2.31. The van der Waals surface area contributed by atoms with Gasteiger partial charge in [-0.2, -0.15) is 0 Å². The molecule has 1 amide bonds. The summed E-state index contributed by atoms with van der Waals surface area (Å²) in [5.74, 6) is 1.59. The molecule has 0 saturated heterocycles. The second-order valence-electron chi connectivity index (χ2n) is 11.3. The van der Waals surface area contributed by atoms with E-state index < -0.39 is 0 Å². The molecule has 6 nitrogen and oxygen atoms in total. The van der Waals surface area contributed by atoms with E-state index in [1.165, 1.54) is 16.0 Å². The maximum Gasteiger partial charge on any atom is 0.254 e. The van der Waals surface area contributed by atoms with Gasteiger partial charge in [0.05, 0.1) is 18.7 Å². The van der Waals surface area contributed by atoms with Gasteiger partial charge in [-0.1, -0.05) is 34.6 Å². The number of ether oxygens (including phenoxy) is 1. The van der Waals surface area contributed by atoms with Crippen LogP contribution in [0.3, 0.4) is 0 Å². The van der Waals surface area contributed by atoms with E-state index in [9.17, 15) is 9.59 Å². The Morgan fingerprint density at radius 3 is 2.56 bits per heavy atom. The number of Topliss-reactive ketones (excluding diaryl/α,β-unsaturated/α-hetero) is 1. The highest BCUT2D eigenvalue weighted by Crippen LogP contribution is 2.46. The molecule has 0 bridgehead atoms. The predicted octanol–water partition coefficient (Wildman–Crippen LogP) is 5.54. The van der Waals surface area contributed by atoms with Gasteiger partial charge in [0.15, 0.2) is 5.78 Å². The van der Waals surface area contributed by atoms with Gasteiger partial charge < -0.3 is 15.0 Å². The molecule has 2 aromatic rings. The summed E-state index contributed by atoms with van der Waals surface area (Å²) in [7, 11) is 1.58. The number of amidine groups is 1. The van der Waals surface area contributed by atoms with E-state index in [0.717, 1.165) is 17.7 Å². The molecule has 4 rings (SSSR count). The van der Waals surface area contributed by atoms with Crippen molar-refractivity contribution < 1.29 is 14.3 Å². The predicted molar refractivity (Wildman–Crippen MR) is 146 cm³/mol. The molecule has 0 radical (unpaired) electrons. The summed E-state index contributed by atoms with van der Waals surface area (Å²) < 4.78 is 5.70. The molecule has 0 fully saturated rings. The number of nitrogens with zero attached hydrogens (tertiary/aromatic N) is 1. The molecule has 2 aliphatic rings. The van der Waals surface area contributed by atoms with E-state index in [0.29, 0.717) is 35.6 Å². The number of nitrogens with one attached hydrogen (secondary N) is 2. The van der Waals surface area contributed by atoms with Crippen LogP contribution in [0.25, 0.3) is 0 Å². The molecule has 0 atom stereocenters. The Morgan fingerprint density at radius 1 is 1.19 bits per heavy atom. The van der Waals surface area contributed by atoms with Crippen molar-refractivity contribution in [1.29, 1.82) is 5.41 Å². The van der Waals surface area contributed by atoms with Crippen molar-refractivity contribution in [3.8, 4) is 5.75 Å². The Hall–Kier alpha value is -2.80. The second-order valence-corrected chi connectivity index (χ2v) is 12.4. The Balaban J connectivity index is 1.66. The summed E-state index contributed by atoms with van der Waals surface area (Å²) in [6, 6.07) is 7.70. The molecule has 0 saturated carbocycles. The Morgan fingerprint density at radius 2 is 1.92 bits per heavy atom. The number of hydrogen-bond donors (Lipinski definition) is 2. The lowest BCUT2D eigenvalue weighted by molar-refractivity contribution is 0.0953. The molecule has 192 valence electrons. The van der Waals surface area contributed by atoms with E-state index in [2.05, 4.69) is 52.1 Å². The molecule has 36 heavy (non-hydrogen) atoms. The van der Waals surface area contributed by atoms with Crippen molar-refractivity contribution in [1.82, 2.24) is 10.2 Å². The zero-order valence-electron chi connectivity index (χ0n) is 22.4. The fourth-order valence-electron chi connectivity index (χ4n) is 4.96. The van der Waals surface area contributed by atoms with E-state index >= 15 is 0 Å². The van der Waals surface area contributed by atoms with Gasteiger partial charge in [-0.25, -0.2) is 0 Å². The molecule has 7 heteroatoms. The van der Waals surface area contributed by atoms with Crippen molar-refractivity contribution >= 4 is 29.3 Å². The van der Waals surface area contributed by atoms with Crippen LogP contribution in [0.5, 0.6) is 5.75 Å². The van der Waals surface area contributed by atoms with Gasteiger partial charge in [-0.15, -0.1) is 11.8 Å². The number of carbonyl (C=O) groups is 2. The number of rotatable bonds is 6. The van der Waals surface area contributed by atoms with E-state index in [-0.39, 0.29) is 34.9 Å². The number of carbonyl (C=O) groups excluding carboxylic acids is 2. The van der Waals surface area contributed by atoms with Gasteiger partial charge in [0.25, 0.3) is 5.91 Å². The minimum absolute atomic E-state index is 0.00351. The summed E-state index contributed by atoms with van der Waals surface area (Å²) in [6.45, 7) is 14.0. The monoisotopic (exact) mass is 507 g/mol. The summed E-state index contributed by atoms with van der Waals surface area (Å²) in [6.07, 6.45) is 1.08. The van der Waals surface area contributed by atoms with Crippen molar-refractivity contribution in [3.05, 3.63) is 57.6 Å². The largest absolute Gasteiger partial charge is 0.493 e. The molecule has 0 spiro atoms. The third-order valence-corrected chi connectivity index (χ3v) is 8.30. The summed E-state index contributed by atoms with van der Waals surface area (Å²) >= 11 is 1.90. The smallest absolute Gasteiger partial charge is 0.254 e. The average molecular weight is 508 g/mol. The number of hydrogen-bond acceptors (Lipinski definition) is 5.